The Labute approximate surface area is 181 Å². The van der Waals surface area contributed by atoms with Gasteiger partial charge < -0.3 is 19.1 Å². The van der Waals surface area contributed by atoms with Gasteiger partial charge in [-0.3, -0.25) is 4.79 Å². The molecule has 1 unspecified atom stereocenters. The summed E-state index contributed by atoms with van der Waals surface area (Å²) in [6.45, 7) is 4.61. The number of hydrogen-bond acceptors (Lipinski definition) is 6. The molecule has 0 amide bonds. The summed E-state index contributed by atoms with van der Waals surface area (Å²) in [7, 11) is 0. The van der Waals surface area contributed by atoms with Crippen molar-refractivity contribution in [3.63, 3.8) is 0 Å². The maximum absolute atomic E-state index is 12.4. The summed E-state index contributed by atoms with van der Waals surface area (Å²) in [4.78, 5) is 28.6. The molecule has 3 heterocycles. The molecule has 1 aliphatic heterocycles. The summed E-state index contributed by atoms with van der Waals surface area (Å²) >= 11 is 7.54. The average molecular weight is 447 g/mol. The predicted molar refractivity (Wildman–Crippen MR) is 114 cm³/mol. The van der Waals surface area contributed by atoms with E-state index in [-0.39, 0.29) is 10.7 Å². The van der Waals surface area contributed by atoms with Crippen molar-refractivity contribution in [3.05, 3.63) is 61.3 Å². The van der Waals surface area contributed by atoms with Crippen molar-refractivity contribution in [1.29, 1.82) is 0 Å². The molecule has 1 N–H and O–H groups in total. The van der Waals surface area contributed by atoms with Crippen molar-refractivity contribution in [2.45, 2.75) is 32.9 Å². The second kappa shape index (κ2) is 8.12. The Kier molecular flexibility index (Phi) is 5.53. The smallest absolute Gasteiger partial charge is 0.341 e. The SMILES string of the molecule is CCCCOc1cc2c(cc1C)-c1cc(=O)c(C(=O)O)cn1C(c1scnc1Cl)O2. The maximum Gasteiger partial charge on any atom is 0.341 e. The van der Waals surface area contributed by atoms with Gasteiger partial charge in [0.05, 0.1) is 17.8 Å². The first kappa shape index (κ1) is 20.4. The zero-order valence-electron chi connectivity index (χ0n) is 16.3. The number of aromatic carboxylic acids is 1. The van der Waals surface area contributed by atoms with E-state index in [1.807, 2.05) is 13.0 Å². The van der Waals surface area contributed by atoms with Crippen molar-refractivity contribution in [2.24, 2.45) is 0 Å². The lowest BCUT2D eigenvalue weighted by Gasteiger charge is -2.31. The Morgan fingerprint density at radius 1 is 1.40 bits per heavy atom. The second-order valence-electron chi connectivity index (χ2n) is 6.94. The molecule has 4 rings (SSSR count). The number of pyridine rings is 1. The van der Waals surface area contributed by atoms with Crippen LogP contribution < -0.4 is 14.9 Å². The number of unbranched alkanes of at least 4 members (excludes halogenated alkanes) is 1. The van der Waals surface area contributed by atoms with Crippen LogP contribution in [0.1, 0.15) is 46.8 Å². The van der Waals surface area contributed by atoms with E-state index in [1.165, 1.54) is 23.6 Å². The van der Waals surface area contributed by atoms with Gasteiger partial charge in [0.25, 0.3) is 0 Å². The maximum atomic E-state index is 12.4. The molecule has 0 saturated carbocycles. The third-order valence-corrected chi connectivity index (χ3v) is 6.16. The first-order chi connectivity index (χ1) is 14.4. The first-order valence-corrected chi connectivity index (χ1v) is 10.7. The molecule has 3 aromatic rings. The summed E-state index contributed by atoms with van der Waals surface area (Å²) in [5.74, 6) is -0.0653. The Hall–Kier alpha value is -2.84. The van der Waals surface area contributed by atoms with Gasteiger partial charge in [0.2, 0.25) is 6.23 Å². The van der Waals surface area contributed by atoms with Gasteiger partial charge in [-0.15, -0.1) is 11.3 Å². The number of nitrogens with zero attached hydrogens (tertiary/aromatic N) is 2. The van der Waals surface area contributed by atoms with Gasteiger partial charge in [-0.25, -0.2) is 9.78 Å². The van der Waals surface area contributed by atoms with E-state index in [4.69, 9.17) is 21.1 Å². The normalized spacial score (nSPS) is 14.6. The van der Waals surface area contributed by atoms with Gasteiger partial charge in [-0.2, -0.15) is 0 Å². The average Bonchev–Trinajstić information content (AvgIpc) is 3.13. The predicted octanol–water partition coefficient (Wildman–Crippen LogP) is 4.75. The number of aryl methyl sites for hydroxylation is 1. The van der Waals surface area contributed by atoms with E-state index in [0.717, 1.165) is 18.4 Å². The lowest BCUT2D eigenvalue weighted by molar-refractivity contribution is 0.0693. The zero-order chi connectivity index (χ0) is 21.4. The molecule has 30 heavy (non-hydrogen) atoms. The fourth-order valence-electron chi connectivity index (χ4n) is 3.33. The number of thiazole rings is 1. The molecule has 1 aromatic carbocycles. The van der Waals surface area contributed by atoms with Crippen LogP contribution in [0.2, 0.25) is 5.15 Å². The van der Waals surface area contributed by atoms with Crippen molar-refractivity contribution in [2.75, 3.05) is 6.61 Å². The Bertz CT molecular complexity index is 1190. The van der Waals surface area contributed by atoms with Crippen molar-refractivity contribution >= 4 is 28.9 Å². The molecule has 0 spiro atoms. The zero-order valence-corrected chi connectivity index (χ0v) is 17.9. The van der Waals surface area contributed by atoms with Crippen LogP contribution in [0.4, 0.5) is 0 Å². The minimum Gasteiger partial charge on any atom is -0.493 e. The van der Waals surface area contributed by atoms with E-state index in [0.29, 0.717) is 34.2 Å². The van der Waals surface area contributed by atoms with E-state index in [2.05, 4.69) is 11.9 Å². The third-order valence-electron chi connectivity index (χ3n) is 4.88. The molecule has 0 fully saturated rings. The van der Waals surface area contributed by atoms with E-state index >= 15 is 0 Å². The van der Waals surface area contributed by atoms with Crippen molar-refractivity contribution < 1.29 is 19.4 Å². The number of aromatic nitrogens is 2. The molecule has 1 atom stereocenters. The number of carboxylic acids is 1. The molecular formula is C21H19ClN2O5S. The summed E-state index contributed by atoms with van der Waals surface area (Å²) in [6, 6.07) is 5.01. The van der Waals surface area contributed by atoms with Crippen LogP contribution in [0, 0.1) is 6.92 Å². The monoisotopic (exact) mass is 446 g/mol. The number of benzene rings is 1. The van der Waals surface area contributed by atoms with Crippen LogP contribution in [-0.4, -0.2) is 27.2 Å². The molecule has 0 radical (unpaired) electrons. The molecule has 9 heteroatoms. The molecule has 7 nitrogen and oxygen atoms in total. The highest BCUT2D eigenvalue weighted by Crippen LogP contribution is 2.44. The molecular weight excluding hydrogens is 428 g/mol. The highest BCUT2D eigenvalue weighted by atomic mass is 35.5. The number of fused-ring (bicyclic) bond motifs is 3. The highest BCUT2D eigenvalue weighted by molar-refractivity contribution is 7.10. The van der Waals surface area contributed by atoms with Gasteiger partial charge in [-0.1, -0.05) is 24.9 Å². The summed E-state index contributed by atoms with van der Waals surface area (Å²) in [5, 5.41) is 9.68. The topological polar surface area (TPSA) is 90.7 Å². The Morgan fingerprint density at radius 3 is 2.87 bits per heavy atom. The van der Waals surface area contributed by atoms with E-state index < -0.39 is 17.6 Å². The number of rotatable bonds is 6. The standard InChI is InChI=1S/C21H19ClN2O5S/c1-3-4-5-28-16-8-17-12(6-11(16)2)14-7-15(25)13(21(26)27)9-24(14)20(29-17)18-19(22)23-10-30-18/h6-10,20H,3-5H2,1-2H3,(H,26,27). The fraction of sp³-hybridized carbons (Fsp3) is 0.286. The van der Waals surface area contributed by atoms with Gasteiger partial charge in [-0.05, 0) is 25.0 Å². The number of hydrogen-bond donors (Lipinski definition) is 1. The summed E-state index contributed by atoms with van der Waals surface area (Å²) in [5.41, 5.74) is 2.80. The summed E-state index contributed by atoms with van der Waals surface area (Å²) in [6.07, 6.45) is 2.50. The van der Waals surface area contributed by atoms with Crippen molar-refractivity contribution in [3.8, 4) is 22.8 Å². The molecule has 0 saturated heterocycles. The number of carboxylic acid groups (broad SMARTS) is 1. The van der Waals surface area contributed by atoms with Gasteiger partial charge in [0.15, 0.2) is 5.43 Å². The molecule has 1 aliphatic rings. The quantitative estimate of drug-likeness (QED) is 0.549. The van der Waals surface area contributed by atoms with Gasteiger partial charge in [0, 0.05) is 23.9 Å². The van der Waals surface area contributed by atoms with Crippen LogP contribution in [0.5, 0.6) is 11.5 Å². The lowest BCUT2D eigenvalue weighted by Crippen LogP contribution is -2.27. The van der Waals surface area contributed by atoms with Crippen LogP contribution in [-0.2, 0) is 0 Å². The van der Waals surface area contributed by atoms with Crippen LogP contribution in [0.3, 0.4) is 0 Å². The third kappa shape index (κ3) is 3.57. The van der Waals surface area contributed by atoms with Crippen molar-refractivity contribution in [1.82, 2.24) is 9.55 Å². The Balaban J connectivity index is 1.90. The first-order valence-electron chi connectivity index (χ1n) is 9.43. The lowest BCUT2D eigenvalue weighted by atomic mass is 10.0. The molecule has 0 aliphatic carbocycles. The van der Waals surface area contributed by atoms with Crippen LogP contribution in [0.25, 0.3) is 11.3 Å². The minimum atomic E-state index is -1.30. The molecule has 2 aromatic heterocycles. The van der Waals surface area contributed by atoms with E-state index in [1.54, 1.807) is 16.1 Å². The molecule has 156 valence electrons. The minimum absolute atomic E-state index is 0.265. The van der Waals surface area contributed by atoms with Crippen LogP contribution in [0.15, 0.2) is 34.7 Å². The van der Waals surface area contributed by atoms with Crippen LogP contribution >= 0.6 is 22.9 Å². The van der Waals surface area contributed by atoms with E-state index in [9.17, 15) is 14.7 Å². The van der Waals surface area contributed by atoms with Gasteiger partial charge >= 0.3 is 5.97 Å². The Morgan fingerprint density at radius 2 is 2.20 bits per heavy atom. The number of ether oxygens (including phenoxy) is 2. The highest BCUT2D eigenvalue weighted by Gasteiger charge is 2.31. The second-order valence-corrected chi connectivity index (χ2v) is 8.19. The summed E-state index contributed by atoms with van der Waals surface area (Å²) < 4.78 is 13.7. The number of halogens is 1. The van der Waals surface area contributed by atoms with Gasteiger partial charge in [0.1, 0.15) is 27.1 Å². The fourth-order valence-corrected chi connectivity index (χ4v) is 4.36. The largest absolute Gasteiger partial charge is 0.493 e. The molecule has 0 bridgehead atoms. The number of carbonyl (C=O) groups is 1.